The number of Topliss-reactive ketones (excluding diaryl/α,β-unsaturated/α-hetero) is 2. The van der Waals surface area contributed by atoms with E-state index in [1.54, 1.807) is 42.5 Å². The van der Waals surface area contributed by atoms with Crippen LogP contribution >= 0.6 is 11.6 Å². The lowest BCUT2D eigenvalue weighted by Gasteiger charge is -2.27. The first-order chi connectivity index (χ1) is 20.9. The average molecular weight is 658 g/mol. The van der Waals surface area contributed by atoms with Crippen molar-refractivity contribution in [2.45, 2.75) is 69.6 Å². The minimum atomic E-state index is -4.99. The summed E-state index contributed by atoms with van der Waals surface area (Å²) < 4.78 is 66.7. The van der Waals surface area contributed by atoms with Crippen LogP contribution in [0.5, 0.6) is 0 Å². The third kappa shape index (κ3) is 8.86. The molecular weight excluding hydrogens is 625 g/mol. The van der Waals surface area contributed by atoms with Gasteiger partial charge in [0.25, 0.3) is 5.91 Å². The van der Waals surface area contributed by atoms with Gasteiger partial charge in [0.05, 0.1) is 5.41 Å². The fourth-order valence-electron chi connectivity index (χ4n) is 4.82. The molecule has 0 saturated heterocycles. The zero-order valence-corrected chi connectivity index (χ0v) is 25.4. The molecule has 0 radical (unpaired) electrons. The van der Waals surface area contributed by atoms with E-state index in [-0.39, 0.29) is 5.56 Å². The Balaban J connectivity index is 1.77. The first-order valence-corrected chi connectivity index (χ1v) is 14.5. The molecule has 1 aliphatic carbocycles. The predicted molar refractivity (Wildman–Crippen MR) is 154 cm³/mol. The van der Waals surface area contributed by atoms with E-state index in [0.29, 0.717) is 23.4 Å². The largest absolute Gasteiger partial charge is 0.405 e. The molecule has 244 valence electrons. The van der Waals surface area contributed by atoms with Gasteiger partial charge >= 0.3 is 12.1 Å². The molecule has 2 aromatic carbocycles. The van der Waals surface area contributed by atoms with E-state index in [9.17, 15) is 45.9 Å². The van der Waals surface area contributed by atoms with E-state index in [4.69, 9.17) is 11.6 Å². The van der Waals surface area contributed by atoms with Crippen molar-refractivity contribution in [3.05, 3.63) is 70.7 Å². The van der Waals surface area contributed by atoms with Gasteiger partial charge in [-0.1, -0.05) is 67.9 Å². The van der Waals surface area contributed by atoms with E-state index in [1.165, 1.54) is 32.9 Å². The number of alkyl halides is 5. The number of halogens is 6. The summed E-state index contributed by atoms with van der Waals surface area (Å²) in [5.41, 5.74) is 0.0682. The van der Waals surface area contributed by atoms with Crippen molar-refractivity contribution in [2.24, 2.45) is 11.8 Å². The number of hydrogen-bond acceptors (Lipinski definition) is 5. The molecule has 3 amide bonds. The lowest BCUT2D eigenvalue weighted by molar-refractivity contribution is -0.167. The van der Waals surface area contributed by atoms with Gasteiger partial charge in [-0.25, -0.2) is 0 Å². The minimum absolute atomic E-state index is 0.247. The van der Waals surface area contributed by atoms with Crippen molar-refractivity contribution in [1.82, 2.24) is 16.0 Å². The second-order valence-corrected chi connectivity index (χ2v) is 11.8. The maximum atomic E-state index is 14.7. The predicted octanol–water partition coefficient (Wildman–Crippen LogP) is 4.85. The van der Waals surface area contributed by atoms with Crippen LogP contribution in [0.4, 0.5) is 22.0 Å². The van der Waals surface area contributed by atoms with Crippen molar-refractivity contribution >= 4 is 40.9 Å². The molecule has 3 rings (SSSR count). The zero-order chi connectivity index (χ0) is 33.7. The third-order valence-corrected chi connectivity index (χ3v) is 7.89. The maximum Gasteiger partial charge on any atom is 0.405 e. The number of benzene rings is 2. The van der Waals surface area contributed by atoms with Crippen LogP contribution in [0, 0.1) is 11.8 Å². The van der Waals surface area contributed by atoms with E-state index in [2.05, 4.69) is 10.6 Å². The number of ketones is 2. The summed E-state index contributed by atoms with van der Waals surface area (Å²) in [6.07, 6.45) is -4.80. The Bertz CT molecular complexity index is 1430. The smallest absolute Gasteiger partial charge is 0.344 e. The third-order valence-electron chi connectivity index (χ3n) is 7.65. The van der Waals surface area contributed by atoms with Gasteiger partial charge in [0.2, 0.25) is 17.6 Å². The van der Waals surface area contributed by atoms with E-state index >= 15 is 0 Å². The Morgan fingerprint density at radius 1 is 0.889 bits per heavy atom. The Morgan fingerprint density at radius 3 is 2.04 bits per heavy atom. The molecule has 0 aliphatic heterocycles. The van der Waals surface area contributed by atoms with Crippen LogP contribution in [0.1, 0.15) is 57.2 Å². The summed E-state index contributed by atoms with van der Waals surface area (Å²) >= 11 is 6.08. The van der Waals surface area contributed by atoms with Crippen LogP contribution in [-0.4, -0.2) is 54.0 Å². The molecule has 45 heavy (non-hydrogen) atoms. The first-order valence-electron chi connectivity index (χ1n) is 14.1. The van der Waals surface area contributed by atoms with Crippen LogP contribution in [0.2, 0.25) is 5.02 Å². The molecule has 1 fully saturated rings. The number of hydrogen-bond donors (Lipinski definition) is 3. The Hall–Kier alpha value is -3.87. The molecule has 0 aromatic heterocycles. The summed E-state index contributed by atoms with van der Waals surface area (Å²) in [6.45, 7) is 1.99. The van der Waals surface area contributed by atoms with Gasteiger partial charge in [-0.05, 0) is 48.9 Å². The molecule has 0 spiro atoms. The number of rotatable bonds is 14. The topological polar surface area (TPSA) is 121 Å². The highest BCUT2D eigenvalue weighted by Gasteiger charge is 2.53. The summed E-state index contributed by atoms with van der Waals surface area (Å²) in [6, 6.07) is 11.9. The van der Waals surface area contributed by atoms with Gasteiger partial charge in [-0.2, -0.15) is 22.0 Å². The Morgan fingerprint density at radius 2 is 1.51 bits per heavy atom. The van der Waals surface area contributed by atoms with Crippen molar-refractivity contribution < 1.29 is 45.9 Å². The fraction of sp³-hybridized carbons (Fsp3) is 0.452. The molecule has 0 heterocycles. The molecule has 0 unspecified atom stereocenters. The summed E-state index contributed by atoms with van der Waals surface area (Å²) in [5, 5.41) is 6.61. The first kappa shape index (κ1) is 35.6. The highest BCUT2D eigenvalue weighted by atomic mass is 35.5. The van der Waals surface area contributed by atoms with Crippen molar-refractivity contribution in [3.63, 3.8) is 0 Å². The van der Waals surface area contributed by atoms with Gasteiger partial charge in [0.1, 0.15) is 18.6 Å². The van der Waals surface area contributed by atoms with Gasteiger partial charge in [-0.3, -0.25) is 24.0 Å². The maximum absolute atomic E-state index is 14.7. The number of nitrogens with one attached hydrogen (secondary N) is 3. The van der Waals surface area contributed by atoms with E-state index in [0.717, 1.165) is 5.32 Å². The SMILES string of the molecule is CC(C)[C@H](CC(=O)[C@@H](NC(=O)[C@H](C)NC(=O)C1(c2cccc(Cl)c2)CC1)c1ccccc1)C(=O)C(F)(F)C(=O)NCC(F)(F)F. The van der Waals surface area contributed by atoms with Crippen molar-refractivity contribution in [3.8, 4) is 0 Å². The van der Waals surface area contributed by atoms with E-state index < -0.39 is 83.7 Å². The lowest BCUT2D eigenvalue weighted by Crippen LogP contribution is -2.52. The molecule has 2 aromatic rings. The molecule has 1 aliphatic rings. The second kappa shape index (κ2) is 14.1. The van der Waals surface area contributed by atoms with Crippen LogP contribution in [0.15, 0.2) is 54.6 Å². The van der Waals surface area contributed by atoms with Gasteiger partial charge in [0, 0.05) is 17.4 Å². The highest BCUT2D eigenvalue weighted by molar-refractivity contribution is 6.30. The molecular formula is C31H33ClF5N3O5. The van der Waals surface area contributed by atoms with E-state index in [1.807, 2.05) is 0 Å². The quantitative estimate of drug-likeness (QED) is 0.198. The van der Waals surface area contributed by atoms with Gasteiger partial charge in [0.15, 0.2) is 5.78 Å². The van der Waals surface area contributed by atoms with Crippen LogP contribution in [0.25, 0.3) is 0 Å². The fourth-order valence-corrected chi connectivity index (χ4v) is 5.01. The zero-order valence-electron chi connectivity index (χ0n) is 24.6. The molecule has 3 atom stereocenters. The van der Waals surface area contributed by atoms with Crippen LogP contribution in [0.3, 0.4) is 0 Å². The molecule has 0 bridgehead atoms. The van der Waals surface area contributed by atoms with Gasteiger partial charge < -0.3 is 16.0 Å². The molecule has 8 nitrogen and oxygen atoms in total. The number of carbonyl (C=O) groups excluding carboxylic acids is 5. The van der Waals surface area contributed by atoms with Crippen LogP contribution in [-0.2, 0) is 29.4 Å². The van der Waals surface area contributed by atoms with Crippen LogP contribution < -0.4 is 16.0 Å². The molecule has 3 N–H and O–H groups in total. The average Bonchev–Trinajstić information content (AvgIpc) is 3.79. The summed E-state index contributed by atoms with van der Waals surface area (Å²) in [7, 11) is 0. The molecule has 1 saturated carbocycles. The van der Waals surface area contributed by atoms with Crippen molar-refractivity contribution in [2.75, 3.05) is 6.54 Å². The number of amides is 3. The number of carbonyl (C=O) groups is 5. The highest BCUT2D eigenvalue weighted by Crippen LogP contribution is 2.49. The summed E-state index contributed by atoms with van der Waals surface area (Å²) in [5.74, 6) is -14.1. The lowest BCUT2D eigenvalue weighted by atomic mass is 9.82. The Labute approximate surface area is 261 Å². The van der Waals surface area contributed by atoms with Gasteiger partial charge in [-0.15, -0.1) is 0 Å². The van der Waals surface area contributed by atoms with Crippen molar-refractivity contribution in [1.29, 1.82) is 0 Å². The Kier molecular flexibility index (Phi) is 11.1. The molecule has 14 heteroatoms. The summed E-state index contributed by atoms with van der Waals surface area (Å²) in [4.78, 5) is 64.6. The second-order valence-electron chi connectivity index (χ2n) is 11.4. The normalized spacial score (nSPS) is 16.2. The monoisotopic (exact) mass is 657 g/mol. The minimum Gasteiger partial charge on any atom is -0.344 e. The standard InChI is InChI=1S/C31H33ClF5N3O5/c1-17(2)22(25(42)31(36,37)28(45)38-16-30(33,34)35)15-23(41)24(19-8-5-4-6-9-19)40-26(43)18(3)39-27(44)29(12-13-29)20-10-7-11-21(32)14-20/h4-11,14,17-18,22,24H,12-13,15-16H2,1-3H3,(H,38,45)(H,39,44)(H,40,43)/t18-,22-,24-/m0/s1.